The molecular formula is C16H22N2O. The summed E-state index contributed by atoms with van der Waals surface area (Å²) in [5.74, 6) is 6.01. The predicted octanol–water partition coefficient (Wildman–Crippen LogP) is 1.63. The topological polar surface area (TPSA) is 38.5 Å². The fourth-order valence-corrected chi connectivity index (χ4v) is 2.35. The van der Waals surface area contributed by atoms with Crippen molar-refractivity contribution in [3.05, 3.63) is 35.9 Å². The minimum absolute atomic E-state index is 0.0899. The highest BCUT2D eigenvalue weighted by atomic mass is 16.5. The number of ether oxygens (including phenoxy) is 1. The quantitative estimate of drug-likeness (QED) is 0.834. The lowest BCUT2D eigenvalue weighted by Crippen LogP contribution is -2.35. The molecule has 1 aliphatic heterocycles. The van der Waals surface area contributed by atoms with Gasteiger partial charge in [0.05, 0.1) is 6.10 Å². The van der Waals surface area contributed by atoms with Crippen molar-refractivity contribution in [2.24, 2.45) is 5.73 Å². The summed E-state index contributed by atoms with van der Waals surface area (Å²) in [7, 11) is 0. The smallest absolute Gasteiger partial charge is 0.108 e. The van der Waals surface area contributed by atoms with Crippen LogP contribution in [0.4, 0.5) is 0 Å². The van der Waals surface area contributed by atoms with Crippen LogP contribution in [0.25, 0.3) is 0 Å². The van der Waals surface area contributed by atoms with Gasteiger partial charge in [-0.1, -0.05) is 43.2 Å². The van der Waals surface area contributed by atoms with Crippen LogP contribution in [0.15, 0.2) is 30.3 Å². The molecule has 3 nitrogen and oxygen atoms in total. The third kappa shape index (κ3) is 4.36. The summed E-state index contributed by atoms with van der Waals surface area (Å²) in [6, 6.07) is 10.6. The number of hydrogen-bond acceptors (Lipinski definition) is 3. The van der Waals surface area contributed by atoms with Gasteiger partial charge in [-0.2, -0.15) is 0 Å². The molecule has 0 unspecified atom stereocenters. The molecule has 0 aliphatic carbocycles. The Kier molecular flexibility index (Phi) is 5.41. The normalized spacial score (nSPS) is 23.1. The Bertz CT molecular complexity index is 435. The first-order chi connectivity index (χ1) is 9.29. The number of hydrogen-bond donors (Lipinski definition) is 1. The minimum atomic E-state index is 0.0899. The van der Waals surface area contributed by atoms with Crippen LogP contribution >= 0.6 is 0 Å². The van der Waals surface area contributed by atoms with Crippen molar-refractivity contribution in [3.63, 3.8) is 0 Å². The van der Waals surface area contributed by atoms with E-state index >= 15 is 0 Å². The van der Waals surface area contributed by atoms with Crippen LogP contribution in [-0.4, -0.2) is 36.7 Å². The second-order valence-electron chi connectivity index (χ2n) is 4.90. The zero-order valence-electron chi connectivity index (χ0n) is 11.5. The molecule has 1 fully saturated rings. The van der Waals surface area contributed by atoms with Gasteiger partial charge in [0, 0.05) is 32.1 Å². The van der Waals surface area contributed by atoms with Gasteiger partial charge in [-0.3, -0.25) is 4.90 Å². The third-order valence-electron chi connectivity index (χ3n) is 3.31. The van der Waals surface area contributed by atoms with E-state index in [4.69, 9.17) is 10.5 Å². The molecule has 1 heterocycles. The highest BCUT2D eigenvalue weighted by molar-refractivity contribution is 5.15. The molecule has 2 atom stereocenters. The second kappa shape index (κ2) is 7.30. The van der Waals surface area contributed by atoms with E-state index in [1.165, 1.54) is 5.56 Å². The maximum Gasteiger partial charge on any atom is 0.108 e. The molecule has 0 amide bonds. The lowest BCUT2D eigenvalue weighted by atomic mass is 10.2. The van der Waals surface area contributed by atoms with Gasteiger partial charge < -0.3 is 10.5 Å². The van der Waals surface area contributed by atoms with Crippen molar-refractivity contribution in [2.45, 2.75) is 32.0 Å². The Morgan fingerprint density at radius 3 is 2.79 bits per heavy atom. The average Bonchev–Trinajstić information content (AvgIpc) is 2.76. The Balaban J connectivity index is 1.80. The lowest BCUT2D eigenvalue weighted by molar-refractivity contribution is 0.0741. The summed E-state index contributed by atoms with van der Waals surface area (Å²) in [6.07, 6.45) is 0.982. The van der Waals surface area contributed by atoms with Gasteiger partial charge in [0.2, 0.25) is 0 Å². The van der Waals surface area contributed by atoms with Gasteiger partial charge >= 0.3 is 0 Å². The van der Waals surface area contributed by atoms with E-state index in [0.29, 0.717) is 6.61 Å². The van der Waals surface area contributed by atoms with E-state index in [2.05, 4.69) is 41.0 Å². The number of nitrogens with two attached hydrogens (primary N) is 1. The van der Waals surface area contributed by atoms with Gasteiger partial charge in [-0.15, -0.1) is 5.92 Å². The molecule has 0 radical (unpaired) electrons. The first kappa shape index (κ1) is 14.1. The molecule has 2 N–H and O–H groups in total. The molecule has 1 aromatic carbocycles. The van der Waals surface area contributed by atoms with Crippen LogP contribution in [-0.2, 0) is 11.3 Å². The highest BCUT2D eigenvalue weighted by Gasteiger charge is 2.30. The number of benzene rings is 1. The summed E-state index contributed by atoms with van der Waals surface area (Å²) in [5, 5.41) is 0. The first-order valence-corrected chi connectivity index (χ1v) is 6.88. The lowest BCUT2D eigenvalue weighted by Gasteiger charge is -2.15. The molecule has 19 heavy (non-hydrogen) atoms. The highest BCUT2D eigenvalue weighted by Crippen LogP contribution is 2.15. The van der Waals surface area contributed by atoms with Crippen molar-refractivity contribution in [1.82, 2.24) is 4.90 Å². The number of likely N-dealkylation sites (tertiary alicyclic amines) is 1. The van der Waals surface area contributed by atoms with Crippen LogP contribution < -0.4 is 5.73 Å². The molecule has 3 heteroatoms. The van der Waals surface area contributed by atoms with E-state index < -0.39 is 0 Å². The Morgan fingerprint density at radius 1 is 1.26 bits per heavy atom. The zero-order chi connectivity index (χ0) is 13.5. The standard InChI is InChI=1S/C16H22N2O/c1-2-3-7-10-19-16-13-18(12-15(16)17)11-14-8-5-4-6-9-14/h4-6,8-9,15-16H,2,10-13,17H2,1H3/t15-,16-/m1/s1. The zero-order valence-corrected chi connectivity index (χ0v) is 11.5. The van der Waals surface area contributed by atoms with Gasteiger partial charge in [0.15, 0.2) is 0 Å². The van der Waals surface area contributed by atoms with Gasteiger partial charge in [0.1, 0.15) is 6.61 Å². The Labute approximate surface area is 115 Å². The van der Waals surface area contributed by atoms with E-state index in [-0.39, 0.29) is 12.1 Å². The van der Waals surface area contributed by atoms with Crippen LogP contribution in [0.2, 0.25) is 0 Å². The van der Waals surface area contributed by atoms with Gasteiger partial charge in [-0.05, 0) is 5.56 Å². The average molecular weight is 258 g/mol. The monoisotopic (exact) mass is 258 g/mol. The van der Waals surface area contributed by atoms with Gasteiger partial charge in [-0.25, -0.2) is 0 Å². The van der Waals surface area contributed by atoms with E-state index in [0.717, 1.165) is 26.1 Å². The Morgan fingerprint density at radius 2 is 2.05 bits per heavy atom. The Hall–Kier alpha value is -1.34. The summed E-state index contributed by atoms with van der Waals surface area (Å²) in [4.78, 5) is 2.35. The maximum absolute atomic E-state index is 6.12. The van der Waals surface area contributed by atoms with E-state index in [1.54, 1.807) is 0 Å². The molecule has 0 saturated carbocycles. The van der Waals surface area contributed by atoms with Crippen molar-refractivity contribution in [1.29, 1.82) is 0 Å². The van der Waals surface area contributed by atoms with Crippen LogP contribution in [0.5, 0.6) is 0 Å². The molecule has 102 valence electrons. The van der Waals surface area contributed by atoms with Crippen molar-refractivity contribution in [2.75, 3.05) is 19.7 Å². The molecule has 0 bridgehead atoms. The van der Waals surface area contributed by atoms with Crippen molar-refractivity contribution < 1.29 is 4.74 Å². The molecular weight excluding hydrogens is 236 g/mol. The van der Waals surface area contributed by atoms with Crippen molar-refractivity contribution >= 4 is 0 Å². The first-order valence-electron chi connectivity index (χ1n) is 6.88. The summed E-state index contributed by atoms with van der Waals surface area (Å²) in [6.45, 7) is 5.25. The van der Waals surface area contributed by atoms with Crippen LogP contribution in [0, 0.1) is 11.8 Å². The molecule has 0 aromatic heterocycles. The third-order valence-corrected chi connectivity index (χ3v) is 3.31. The van der Waals surface area contributed by atoms with E-state index in [1.807, 2.05) is 13.0 Å². The van der Waals surface area contributed by atoms with Gasteiger partial charge in [0.25, 0.3) is 0 Å². The van der Waals surface area contributed by atoms with Crippen molar-refractivity contribution in [3.8, 4) is 11.8 Å². The summed E-state index contributed by atoms with van der Waals surface area (Å²) >= 11 is 0. The molecule has 1 saturated heterocycles. The summed E-state index contributed by atoms with van der Waals surface area (Å²) in [5.41, 5.74) is 7.44. The number of rotatable bonds is 4. The maximum atomic E-state index is 6.12. The minimum Gasteiger partial charge on any atom is -0.363 e. The van der Waals surface area contributed by atoms with Crippen LogP contribution in [0.3, 0.4) is 0 Å². The fraction of sp³-hybridized carbons (Fsp3) is 0.500. The van der Waals surface area contributed by atoms with E-state index in [9.17, 15) is 0 Å². The SMILES string of the molecule is CCC#CCO[C@@H]1CN(Cc2ccccc2)C[C@H]1N. The largest absolute Gasteiger partial charge is 0.363 e. The number of nitrogens with zero attached hydrogens (tertiary/aromatic N) is 1. The predicted molar refractivity (Wildman–Crippen MR) is 77.5 cm³/mol. The fourth-order valence-electron chi connectivity index (χ4n) is 2.35. The molecule has 1 aliphatic rings. The molecule has 0 spiro atoms. The summed E-state index contributed by atoms with van der Waals surface area (Å²) < 4.78 is 5.74. The van der Waals surface area contributed by atoms with Crippen LogP contribution in [0.1, 0.15) is 18.9 Å². The molecule has 2 rings (SSSR count). The second-order valence-corrected chi connectivity index (χ2v) is 4.90. The molecule has 1 aromatic rings.